The van der Waals surface area contributed by atoms with Gasteiger partial charge in [-0.15, -0.1) is 0 Å². The number of nitro benzene ring substituents is 1. The number of carbonyl (C=O) groups is 1. The van der Waals surface area contributed by atoms with Crippen LogP contribution in [0.5, 0.6) is 11.5 Å². The molecule has 0 aliphatic carbocycles. The first kappa shape index (κ1) is 20.9. The molecular weight excluding hydrogens is 362 g/mol. The van der Waals surface area contributed by atoms with Gasteiger partial charge in [-0.25, -0.2) is 5.43 Å². The van der Waals surface area contributed by atoms with Crippen LogP contribution >= 0.6 is 0 Å². The van der Waals surface area contributed by atoms with E-state index in [2.05, 4.69) is 10.5 Å². The second kappa shape index (κ2) is 10.7. The number of hydrogen-bond donors (Lipinski definition) is 1. The average Bonchev–Trinajstić information content (AvgIpc) is 2.71. The lowest BCUT2D eigenvalue weighted by Gasteiger charge is -2.08. The first-order valence-corrected chi connectivity index (χ1v) is 9.02. The quantitative estimate of drug-likeness (QED) is 0.379. The molecule has 0 atom stereocenters. The van der Waals surface area contributed by atoms with Crippen molar-refractivity contribution in [3.8, 4) is 11.5 Å². The van der Waals surface area contributed by atoms with Crippen molar-refractivity contribution in [3.63, 3.8) is 0 Å². The number of nitro groups is 1. The molecule has 1 amide bonds. The van der Waals surface area contributed by atoms with Crippen molar-refractivity contribution < 1.29 is 19.2 Å². The molecule has 8 nitrogen and oxygen atoms in total. The van der Waals surface area contributed by atoms with Crippen molar-refractivity contribution in [1.82, 2.24) is 5.43 Å². The van der Waals surface area contributed by atoms with Gasteiger partial charge in [-0.1, -0.05) is 13.8 Å². The van der Waals surface area contributed by atoms with Gasteiger partial charge in [0, 0.05) is 23.3 Å². The fourth-order valence-corrected chi connectivity index (χ4v) is 2.24. The van der Waals surface area contributed by atoms with Crippen LogP contribution in [0.2, 0.25) is 0 Å². The maximum absolute atomic E-state index is 12.2. The lowest BCUT2D eigenvalue weighted by molar-refractivity contribution is -0.384. The Morgan fingerprint density at radius 1 is 1.11 bits per heavy atom. The van der Waals surface area contributed by atoms with Gasteiger partial charge in [0.1, 0.15) is 11.5 Å². The summed E-state index contributed by atoms with van der Waals surface area (Å²) < 4.78 is 11.0. The van der Waals surface area contributed by atoms with E-state index in [4.69, 9.17) is 9.47 Å². The second-order valence-electron chi connectivity index (χ2n) is 5.90. The summed E-state index contributed by atoms with van der Waals surface area (Å²) >= 11 is 0. The van der Waals surface area contributed by atoms with Crippen molar-refractivity contribution in [3.05, 3.63) is 63.7 Å². The minimum atomic E-state index is -0.498. The van der Waals surface area contributed by atoms with Crippen molar-refractivity contribution in [1.29, 1.82) is 0 Å². The molecule has 0 spiro atoms. The zero-order valence-electron chi connectivity index (χ0n) is 15.9. The fourth-order valence-electron chi connectivity index (χ4n) is 2.24. The van der Waals surface area contributed by atoms with Gasteiger partial charge in [0.2, 0.25) is 0 Å². The largest absolute Gasteiger partial charge is 0.494 e. The Morgan fingerprint density at radius 2 is 1.79 bits per heavy atom. The van der Waals surface area contributed by atoms with E-state index in [0.717, 1.165) is 12.8 Å². The van der Waals surface area contributed by atoms with Crippen LogP contribution in [0.3, 0.4) is 0 Å². The smallest absolute Gasteiger partial charge is 0.271 e. The minimum Gasteiger partial charge on any atom is -0.494 e. The molecule has 28 heavy (non-hydrogen) atoms. The number of nitrogens with zero attached hydrogens (tertiary/aromatic N) is 2. The number of non-ortho nitro benzene ring substituents is 1. The SMILES string of the molecule is CCCOc1ccc(C(=O)N/N=C\c2cc([N+](=O)[O-])ccc2OCCC)cc1. The van der Waals surface area contributed by atoms with Gasteiger partial charge in [-0.3, -0.25) is 14.9 Å². The lowest BCUT2D eigenvalue weighted by atomic mass is 10.2. The number of hydrazone groups is 1. The molecule has 8 heteroatoms. The zero-order chi connectivity index (χ0) is 20.4. The summed E-state index contributed by atoms with van der Waals surface area (Å²) in [4.78, 5) is 22.7. The van der Waals surface area contributed by atoms with Gasteiger partial charge in [0.15, 0.2) is 0 Å². The van der Waals surface area contributed by atoms with Gasteiger partial charge < -0.3 is 9.47 Å². The van der Waals surface area contributed by atoms with Gasteiger partial charge in [-0.2, -0.15) is 5.10 Å². The minimum absolute atomic E-state index is 0.0840. The van der Waals surface area contributed by atoms with E-state index in [1.165, 1.54) is 24.4 Å². The van der Waals surface area contributed by atoms with E-state index in [9.17, 15) is 14.9 Å². The number of nitrogens with one attached hydrogen (secondary N) is 1. The Morgan fingerprint density at radius 3 is 2.43 bits per heavy atom. The van der Waals surface area contributed by atoms with E-state index in [1.807, 2.05) is 13.8 Å². The summed E-state index contributed by atoms with van der Waals surface area (Å²) in [6, 6.07) is 10.9. The highest BCUT2D eigenvalue weighted by atomic mass is 16.6. The summed E-state index contributed by atoms with van der Waals surface area (Å²) in [5.74, 6) is 0.749. The van der Waals surface area contributed by atoms with Gasteiger partial charge in [-0.05, 0) is 43.2 Å². The molecule has 0 saturated heterocycles. The third kappa shape index (κ3) is 6.08. The maximum Gasteiger partial charge on any atom is 0.271 e. The highest BCUT2D eigenvalue weighted by molar-refractivity contribution is 5.95. The van der Waals surface area contributed by atoms with E-state index < -0.39 is 10.8 Å². The lowest BCUT2D eigenvalue weighted by Crippen LogP contribution is -2.17. The molecule has 148 valence electrons. The Labute approximate surface area is 163 Å². The Balaban J connectivity index is 2.06. The number of amides is 1. The standard InChI is InChI=1S/C20H23N3O5/c1-3-11-27-18-8-5-15(6-9-18)20(24)22-21-14-16-13-17(23(25)26)7-10-19(16)28-12-4-2/h5-10,13-14H,3-4,11-12H2,1-2H3,(H,22,24)/b21-14-. The first-order chi connectivity index (χ1) is 13.5. The molecule has 0 bridgehead atoms. The van der Waals surface area contributed by atoms with Crippen molar-refractivity contribution in [2.75, 3.05) is 13.2 Å². The van der Waals surface area contributed by atoms with Gasteiger partial charge >= 0.3 is 0 Å². The number of benzene rings is 2. The monoisotopic (exact) mass is 385 g/mol. The number of hydrogen-bond acceptors (Lipinski definition) is 6. The molecule has 0 saturated carbocycles. The Bertz CT molecular complexity index is 834. The van der Waals surface area contributed by atoms with Crippen molar-refractivity contribution >= 4 is 17.8 Å². The normalized spacial score (nSPS) is 10.6. The molecule has 0 aliphatic heterocycles. The molecule has 0 fully saturated rings. The highest BCUT2D eigenvalue weighted by Gasteiger charge is 2.11. The fraction of sp³-hybridized carbons (Fsp3) is 0.300. The number of ether oxygens (including phenoxy) is 2. The molecule has 0 radical (unpaired) electrons. The molecule has 1 N–H and O–H groups in total. The second-order valence-corrected chi connectivity index (χ2v) is 5.90. The van der Waals surface area contributed by atoms with Crippen LogP contribution in [-0.2, 0) is 0 Å². The molecule has 0 heterocycles. The molecule has 2 aromatic carbocycles. The zero-order valence-corrected chi connectivity index (χ0v) is 15.9. The van der Waals surface area contributed by atoms with Crippen LogP contribution in [-0.4, -0.2) is 30.3 Å². The van der Waals surface area contributed by atoms with E-state index in [1.54, 1.807) is 24.3 Å². The molecule has 0 unspecified atom stereocenters. The molecule has 0 aromatic heterocycles. The average molecular weight is 385 g/mol. The van der Waals surface area contributed by atoms with E-state index in [-0.39, 0.29) is 5.69 Å². The third-order valence-electron chi connectivity index (χ3n) is 3.62. The van der Waals surface area contributed by atoms with Gasteiger partial charge in [0.25, 0.3) is 11.6 Å². The third-order valence-corrected chi connectivity index (χ3v) is 3.62. The Kier molecular flexibility index (Phi) is 7.95. The summed E-state index contributed by atoms with van der Waals surface area (Å²) in [7, 11) is 0. The van der Waals surface area contributed by atoms with Crippen molar-refractivity contribution in [2.24, 2.45) is 5.10 Å². The van der Waals surface area contributed by atoms with E-state index >= 15 is 0 Å². The summed E-state index contributed by atoms with van der Waals surface area (Å²) in [5.41, 5.74) is 3.15. The molecule has 2 aromatic rings. The van der Waals surface area contributed by atoms with Gasteiger partial charge in [0.05, 0.1) is 24.4 Å². The van der Waals surface area contributed by atoms with Crippen molar-refractivity contribution in [2.45, 2.75) is 26.7 Å². The predicted molar refractivity (Wildman–Crippen MR) is 106 cm³/mol. The molecule has 2 rings (SSSR count). The first-order valence-electron chi connectivity index (χ1n) is 9.02. The Hall–Kier alpha value is -3.42. The maximum atomic E-state index is 12.2. The van der Waals surface area contributed by atoms with Crippen LogP contribution in [0.1, 0.15) is 42.6 Å². The highest BCUT2D eigenvalue weighted by Crippen LogP contribution is 2.23. The number of carbonyl (C=O) groups excluding carboxylic acids is 1. The summed E-state index contributed by atoms with van der Waals surface area (Å²) in [6.07, 6.45) is 3.02. The van der Waals surface area contributed by atoms with E-state index in [0.29, 0.717) is 35.8 Å². The van der Waals surface area contributed by atoms with Crippen LogP contribution in [0.4, 0.5) is 5.69 Å². The molecule has 0 aliphatic rings. The number of rotatable bonds is 10. The topological polar surface area (TPSA) is 103 Å². The van der Waals surface area contributed by atoms with Crippen LogP contribution in [0, 0.1) is 10.1 Å². The molecular formula is C20H23N3O5. The summed E-state index contributed by atoms with van der Waals surface area (Å²) in [5, 5.41) is 14.9. The summed E-state index contributed by atoms with van der Waals surface area (Å²) in [6.45, 7) is 5.05. The predicted octanol–water partition coefficient (Wildman–Crippen LogP) is 3.94. The van der Waals surface area contributed by atoms with Crippen LogP contribution in [0.15, 0.2) is 47.6 Å². The van der Waals surface area contributed by atoms with Crippen LogP contribution in [0.25, 0.3) is 0 Å². The van der Waals surface area contributed by atoms with Crippen LogP contribution < -0.4 is 14.9 Å².